The molecule has 0 aliphatic carbocycles. The first kappa shape index (κ1) is 17.4. The second-order valence-corrected chi connectivity index (χ2v) is 5.13. The van der Waals surface area contributed by atoms with Crippen LogP contribution in [0.5, 0.6) is 0 Å². The maximum atomic E-state index is 13.7. The number of halogens is 3. The monoisotopic (exact) mass is 337 g/mol. The predicted octanol–water partition coefficient (Wildman–Crippen LogP) is 2.83. The van der Waals surface area contributed by atoms with Gasteiger partial charge in [0.05, 0.1) is 7.11 Å². The summed E-state index contributed by atoms with van der Waals surface area (Å²) in [7, 11) is 0.827. The SMILES string of the molecule is COC(=O)[C@]1(C(F)(F)F)C=C(C)N(c2ccccc2)C(N)=C1C#N. The third-order valence-corrected chi connectivity index (χ3v) is 3.75. The number of para-hydroxylation sites is 1. The van der Waals surface area contributed by atoms with E-state index in [1.165, 1.54) is 17.9 Å². The van der Waals surface area contributed by atoms with Gasteiger partial charge in [0.2, 0.25) is 5.41 Å². The van der Waals surface area contributed by atoms with Crippen LogP contribution in [0.15, 0.2) is 53.5 Å². The van der Waals surface area contributed by atoms with Gasteiger partial charge < -0.3 is 15.4 Å². The van der Waals surface area contributed by atoms with Crippen LogP contribution in [0.25, 0.3) is 0 Å². The Kier molecular flexibility index (Phi) is 4.30. The number of ether oxygens (including phenoxy) is 1. The number of rotatable bonds is 2. The van der Waals surface area contributed by atoms with Crippen LogP contribution in [0.3, 0.4) is 0 Å². The Bertz CT molecular complexity index is 763. The average Bonchev–Trinajstić information content (AvgIpc) is 2.53. The Balaban J connectivity index is 2.78. The summed E-state index contributed by atoms with van der Waals surface area (Å²) in [6.45, 7) is 1.37. The molecule has 0 saturated carbocycles. The third-order valence-electron chi connectivity index (χ3n) is 3.75. The standard InChI is InChI=1S/C16H14F3N3O2/c1-10-8-15(14(23)24-2,16(17,18)19)12(9-20)13(21)22(10)11-6-4-3-5-7-11/h3-8H,21H2,1-2H3/t15-/m0/s1. The number of nitrogens with zero attached hydrogens (tertiary/aromatic N) is 2. The molecule has 0 unspecified atom stereocenters. The number of anilines is 1. The molecule has 5 nitrogen and oxygen atoms in total. The van der Waals surface area contributed by atoms with Crippen LogP contribution in [0.1, 0.15) is 6.92 Å². The highest BCUT2D eigenvalue weighted by molar-refractivity contribution is 5.88. The molecule has 0 bridgehead atoms. The summed E-state index contributed by atoms with van der Waals surface area (Å²) in [4.78, 5) is 13.3. The molecule has 1 aromatic rings. The molecule has 24 heavy (non-hydrogen) atoms. The van der Waals surface area contributed by atoms with E-state index in [2.05, 4.69) is 4.74 Å². The molecule has 8 heteroatoms. The van der Waals surface area contributed by atoms with Gasteiger partial charge in [0.1, 0.15) is 17.5 Å². The maximum Gasteiger partial charge on any atom is 0.413 e. The van der Waals surface area contributed by atoms with Crippen LogP contribution in [0.4, 0.5) is 18.9 Å². The van der Waals surface area contributed by atoms with Crippen molar-refractivity contribution in [3.63, 3.8) is 0 Å². The fraction of sp³-hybridized carbons (Fsp3) is 0.250. The number of benzene rings is 1. The van der Waals surface area contributed by atoms with Crippen molar-refractivity contribution in [1.82, 2.24) is 0 Å². The number of hydrogen-bond donors (Lipinski definition) is 1. The number of allylic oxidation sites excluding steroid dienone is 1. The number of methoxy groups -OCH3 is 1. The Morgan fingerprint density at radius 2 is 1.92 bits per heavy atom. The van der Waals surface area contributed by atoms with Crippen LogP contribution < -0.4 is 10.6 Å². The smallest absolute Gasteiger partial charge is 0.413 e. The molecule has 0 aromatic heterocycles. The summed E-state index contributed by atoms with van der Waals surface area (Å²) >= 11 is 0. The van der Waals surface area contributed by atoms with Crippen molar-refractivity contribution in [3.05, 3.63) is 53.5 Å². The Morgan fingerprint density at radius 1 is 1.33 bits per heavy atom. The molecular formula is C16H14F3N3O2. The van der Waals surface area contributed by atoms with E-state index in [0.717, 1.165) is 7.11 Å². The number of hydrogen-bond acceptors (Lipinski definition) is 5. The molecular weight excluding hydrogens is 323 g/mol. The van der Waals surface area contributed by atoms with Gasteiger partial charge in [-0.2, -0.15) is 18.4 Å². The Morgan fingerprint density at radius 3 is 2.38 bits per heavy atom. The average molecular weight is 337 g/mol. The van der Waals surface area contributed by atoms with E-state index < -0.39 is 29.0 Å². The van der Waals surface area contributed by atoms with E-state index in [1.807, 2.05) is 0 Å². The van der Waals surface area contributed by atoms with Crippen LogP contribution in [0, 0.1) is 16.7 Å². The first-order chi connectivity index (χ1) is 11.2. The van der Waals surface area contributed by atoms with E-state index in [1.54, 1.807) is 30.3 Å². The van der Waals surface area contributed by atoms with Crippen molar-refractivity contribution >= 4 is 11.7 Å². The summed E-state index contributed by atoms with van der Waals surface area (Å²) in [5, 5.41) is 9.30. The van der Waals surface area contributed by atoms with E-state index >= 15 is 0 Å². The summed E-state index contributed by atoms with van der Waals surface area (Å²) < 4.78 is 45.6. The molecule has 2 rings (SSSR count). The molecule has 0 fully saturated rings. The van der Waals surface area contributed by atoms with Gasteiger partial charge >= 0.3 is 12.1 Å². The molecule has 0 saturated heterocycles. The van der Waals surface area contributed by atoms with Gasteiger partial charge in [-0.25, -0.2) is 0 Å². The Labute approximate surface area is 136 Å². The number of nitrogens with two attached hydrogens (primary N) is 1. The van der Waals surface area contributed by atoms with Crippen molar-refractivity contribution in [1.29, 1.82) is 5.26 Å². The second kappa shape index (κ2) is 5.92. The van der Waals surface area contributed by atoms with Crippen LogP contribution in [-0.2, 0) is 9.53 Å². The molecule has 1 aliphatic heterocycles. The zero-order valence-corrected chi connectivity index (χ0v) is 12.9. The van der Waals surface area contributed by atoms with Crippen molar-refractivity contribution < 1.29 is 22.7 Å². The van der Waals surface area contributed by atoms with Crippen molar-refractivity contribution in [2.24, 2.45) is 11.1 Å². The van der Waals surface area contributed by atoms with Gasteiger partial charge in [-0.15, -0.1) is 0 Å². The highest BCUT2D eigenvalue weighted by Gasteiger charge is 2.65. The summed E-state index contributed by atoms with van der Waals surface area (Å²) in [5.74, 6) is -2.08. The minimum Gasteiger partial charge on any atom is -0.468 e. The topological polar surface area (TPSA) is 79.3 Å². The largest absolute Gasteiger partial charge is 0.468 e. The quantitative estimate of drug-likeness (QED) is 0.840. The number of esters is 1. The van der Waals surface area contributed by atoms with Crippen molar-refractivity contribution in [2.45, 2.75) is 13.1 Å². The summed E-state index contributed by atoms with van der Waals surface area (Å²) in [6.07, 6.45) is -4.42. The molecule has 0 spiro atoms. The van der Waals surface area contributed by atoms with E-state index in [-0.39, 0.29) is 5.70 Å². The van der Waals surface area contributed by atoms with Crippen molar-refractivity contribution in [2.75, 3.05) is 12.0 Å². The van der Waals surface area contributed by atoms with E-state index in [0.29, 0.717) is 11.8 Å². The predicted molar refractivity (Wildman–Crippen MR) is 80.0 cm³/mol. The highest BCUT2D eigenvalue weighted by Crippen LogP contribution is 2.50. The maximum absolute atomic E-state index is 13.7. The van der Waals surface area contributed by atoms with Crippen LogP contribution in [0.2, 0.25) is 0 Å². The summed E-state index contributed by atoms with van der Waals surface area (Å²) in [5.41, 5.74) is 2.23. The van der Waals surface area contributed by atoms with Gasteiger partial charge in [-0.05, 0) is 25.1 Å². The van der Waals surface area contributed by atoms with Gasteiger partial charge in [-0.3, -0.25) is 4.79 Å². The lowest BCUT2D eigenvalue weighted by molar-refractivity contribution is -0.209. The molecule has 1 aromatic carbocycles. The van der Waals surface area contributed by atoms with E-state index in [4.69, 9.17) is 5.73 Å². The van der Waals surface area contributed by atoms with Crippen LogP contribution >= 0.6 is 0 Å². The molecule has 126 valence electrons. The summed E-state index contributed by atoms with van der Waals surface area (Å²) in [6, 6.07) is 9.76. The zero-order chi connectivity index (χ0) is 18.1. The molecule has 0 radical (unpaired) electrons. The lowest BCUT2D eigenvalue weighted by Gasteiger charge is -2.39. The van der Waals surface area contributed by atoms with Crippen LogP contribution in [-0.4, -0.2) is 19.3 Å². The molecule has 1 aliphatic rings. The van der Waals surface area contributed by atoms with Gasteiger partial charge in [-0.1, -0.05) is 18.2 Å². The normalized spacial score (nSPS) is 21.2. The number of carbonyl (C=O) groups excluding carboxylic acids is 1. The fourth-order valence-corrected chi connectivity index (χ4v) is 2.68. The zero-order valence-electron chi connectivity index (χ0n) is 12.9. The third kappa shape index (κ3) is 2.38. The minimum absolute atomic E-state index is 0.0559. The minimum atomic E-state index is -5.08. The van der Waals surface area contributed by atoms with Gasteiger partial charge in [0, 0.05) is 11.4 Å². The Hall–Kier alpha value is -2.95. The molecule has 1 atom stereocenters. The van der Waals surface area contributed by atoms with E-state index in [9.17, 15) is 23.2 Å². The lowest BCUT2D eigenvalue weighted by atomic mass is 9.76. The number of nitriles is 1. The highest BCUT2D eigenvalue weighted by atomic mass is 19.4. The molecule has 0 amide bonds. The van der Waals surface area contributed by atoms with Gasteiger partial charge in [0.15, 0.2) is 0 Å². The number of alkyl halides is 3. The van der Waals surface area contributed by atoms with Crippen molar-refractivity contribution in [3.8, 4) is 6.07 Å². The first-order valence-electron chi connectivity index (χ1n) is 6.80. The molecule has 2 N–H and O–H groups in total. The van der Waals surface area contributed by atoms with Gasteiger partial charge in [0.25, 0.3) is 0 Å². The second-order valence-electron chi connectivity index (χ2n) is 5.13. The molecule has 1 heterocycles. The first-order valence-corrected chi connectivity index (χ1v) is 6.80. The lowest BCUT2D eigenvalue weighted by Crippen LogP contribution is -2.51. The fourth-order valence-electron chi connectivity index (χ4n) is 2.68. The number of carbonyl (C=O) groups is 1.